The highest BCUT2D eigenvalue weighted by Crippen LogP contribution is 2.05. The molecule has 15 heavy (non-hydrogen) atoms. The second-order valence-corrected chi connectivity index (χ2v) is 3.02. The number of methoxy groups -OCH3 is 1. The monoisotopic (exact) mass is 212 g/mol. The lowest BCUT2D eigenvalue weighted by Crippen LogP contribution is -2.29. The normalized spacial score (nSPS) is 10.3. The topological polar surface area (TPSA) is 82.2 Å². The summed E-state index contributed by atoms with van der Waals surface area (Å²) >= 11 is 0. The minimum absolute atomic E-state index is 0.182. The Kier molecular flexibility index (Phi) is 4.11. The zero-order valence-electron chi connectivity index (χ0n) is 8.99. The molecule has 6 nitrogen and oxygen atoms in total. The van der Waals surface area contributed by atoms with Gasteiger partial charge in [-0.3, -0.25) is 9.48 Å². The molecule has 0 atom stereocenters. The maximum atomic E-state index is 11.6. The van der Waals surface area contributed by atoms with Crippen LogP contribution < -0.4 is 11.1 Å². The van der Waals surface area contributed by atoms with Crippen LogP contribution in [0.3, 0.4) is 0 Å². The predicted molar refractivity (Wildman–Crippen MR) is 56.5 cm³/mol. The van der Waals surface area contributed by atoms with Gasteiger partial charge in [-0.25, -0.2) is 0 Å². The maximum absolute atomic E-state index is 11.6. The van der Waals surface area contributed by atoms with Crippen LogP contribution in [0.15, 0.2) is 6.07 Å². The minimum Gasteiger partial charge on any atom is -0.383 e. The van der Waals surface area contributed by atoms with Gasteiger partial charge in [0.25, 0.3) is 5.91 Å². The molecule has 0 unspecified atom stereocenters. The van der Waals surface area contributed by atoms with Crippen LogP contribution in [0.4, 0.5) is 5.82 Å². The zero-order chi connectivity index (χ0) is 11.3. The van der Waals surface area contributed by atoms with Crippen molar-refractivity contribution in [2.75, 3.05) is 26.0 Å². The summed E-state index contributed by atoms with van der Waals surface area (Å²) in [6.07, 6.45) is 0. The van der Waals surface area contributed by atoms with E-state index in [1.165, 1.54) is 0 Å². The number of aryl methyl sites for hydroxylation is 1. The minimum atomic E-state index is -0.182. The van der Waals surface area contributed by atoms with Crippen LogP contribution in [-0.2, 0) is 11.3 Å². The first-order chi connectivity index (χ1) is 7.19. The smallest absolute Gasteiger partial charge is 0.269 e. The van der Waals surface area contributed by atoms with Gasteiger partial charge in [0.1, 0.15) is 11.5 Å². The van der Waals surface area contributed by atoms with Crippen LogP contribution in [0.25, 0.3) is 0 Å². The number of nitrogens with one attached hydrogen (secondary N) is 1. The average Bonchev–Trinajstić information content (AvgIpc) is 2.60. The second-order valence-electron chi connectivity index (χ2n) is 3.02. The molecule has 0 fully saturated rings. The molecule has 84 valence electrons. The van der Waals surface area contributed by atoms with Crippen molar-refractivity contribution >= 4 is 11.7 Å². The Balaban J connectivity index is 2.64. The van der Waals surface area contributed by atoms with E-state index in [0.29, 0.717) is 31.2 Å². The molecule has 1 heterocycles. The summed E-state index contributed by atoms with van der Waals surface area (Å²) in [7, 11) is 1.58. The maximum Gasteiger partial charge on any atom is 0.269 e. The third kappa shape index (κ3) is 2.95. The standard InChI is InChI=1S/C9H16N4O2/c1-3-13-7(6-8(10)12-13)9(14)11-4-5-15-2/h6H,3-5H2,1-2H3,(H2,10,12)(H,11,14). The van der Waals surface area contributed by atoms with Crippen molar-refractivity contribution in [3.63, 3.8) is 0 Å². The highest BCUT2D eigenvalue weighted by molar-refractivity contribution is 5.93. The molecule has 1 amide bonds. The van der Waals surface area contributed by atoms with Gasteiger partial charge in [-0.2, -0.15) is 5.10 Å². The number of carbonyl (C=O) groups is 1. The molecule has 1 aromatic heterocycles. The number of aromatic nitrogens is 2. The van der Waals surface area contributed by atoms with Gasteiger partial charge < -0.3 is 15.8 Å². The van der Waals surface area contributed by atoms with Gasteiger partial charge in [0.2, 0.25) is 0 Å². The fourth-order valence-corrected chi connectivity index (χ4v) is 1.22. The number of hydrogen-bond acceptors (Lipinski definition) is 4. The first-order valence-electron chi connectivity index (χ1n) is 4.79. The summed E-state index contributed by atoms with van der Waals surface area (Å²) in [4.78, 5) is 11.6. The number of nitrogens with zero attached hydrogens (tertiary/aromatic N) is 2. The number of nitrogen functional groups attached to an aromatic ring is 1. The van der Waals surface area contributed by atoms with Crippen molar-refractivity contribution in [2.45, 2.75) is 13.5 Å². The SMILES string of the molecule is CCn1nc(N)cc1C(=O)NCCOC. The van der Waals surface area contributed by atoms with Crippen molar-refractivity contribution in [3.05, 3.63) is 11.8 Å². The Morgan fingerprint density at radius 1 is 1.73 bits per heavy atom. The van der Waals surface area contributed by atoms with E-state index in [1.807, 2.05) is 6.92 Å². The van der Waals surface area contributed by atoms with Gasteiger partial charge in [-0.1, -0.05) is 0 Å². The number of anilines is 1. The van der Waals surface area contributed by atoms with Crippen LogP contribution >= 0.6 is 0 Å². The summed E-state index contributed by atoms with van der Waals surface area (Å²) in [6, 6.07) is 1.56. The Hall–Kier alpha value is -1.56. The van der Waals surface area contributed by atoms with Crippen molar-refractivity contribution in [1.82, 2.24) is 15.1 Å². The number of rotatable bonds is 5. The predicted octanol–water partition coefficient (Wildman–Crippen LogP) is -0.139. The first kappa shape index (κ1) is 11.5. The van der Waals surface area contributed by atoms with Crippen molar-refractivity contribution in [3.8, 4) is 0 Å². The summed E-state index contributed by atoms with van der Waals surface area (Å²) in [5, 5.41) is 6.69. The molecule has 0 aliphatic carbocycles. The molecule has 0 bridgehead atoms. The average molecular weight is 212 g/mol. The van der Waals surface area contributed by atoms with Gasteiger partial charge >= 0.3 is 0 Å². The molecule has 0 radical (unpaired) electrons. The van der Waals surface area contributed by atoms with Gasteiger partial charge in [0, 0.05) is 26.3 Å². The molecular weight excluding hydrogens is 196 g/mol. The van der Waals surface area contributed by atoms with Crippen molar-refractivity contribution in [2.24, 2.45) is 0 Å². The number of ether oxygens (including phenoxy) is 1. The Bertz CT molecular complexity index is 335. The van der Waals surface area contributed by atoms with Crippen molar-refractivity contribution < 1.29 is 9.53 Å². The van der Waals surface area contributed by atoms with Crippen LogP contribution in [0.5, 0.6) is 0 Å². The summed E-state index contributed by atoms with van der Waals surface area (Å²) in [5.74, 6) is 0.173. The molecule has 6 heteroatoms. The Morgan fingerprint density at radius 2 is 2.47 bits per heavy atom. The molecule has 3 N–H and O–H groups in total. The van der Waals surface area contributed by atoms with E-state index in [0.717, 1.165) is 0 Å². The fraction of sp³-hybridized carbons (Fsp3) is 0.556. The van der Waals surface area contributed by atoms with Gasteiger partial charge in [0.15, 0.2) is 0 Å². The zero-order valence-corrected chi connectivity index (χ0v) is 8.99. The highest BCUT2D eigenvalue weighted by atomic mass is 16.5. The third-order valence-corrected chi connectivity index (χ3v) is 1.92. The third-order valence-electron chi connectivity index (χ3n) is 1.92. The van der Waals surface area contributed by atoms with Crippen LogP contribution in [0.1, 0.15) is 17.4 Å². The highest BCUT2D eigenvalue weighted by Gasteiger charge is 2.12. The number of carbonyl (C=O) groups excluding carboxylic acids is 1. The van der Waals surface area contributed by atoms with E-state index in [-0.39, 0.29) is 5.91 Å². The molecule has 0 spiro atoms. The van der Waals surface area contributed by atoms with E-state index in [9.17, 15) is 4.79 Å². The number of nitrogens with two attached hydrogens (primary N) is 1. The van der Waals surface area contributed by atoms with Crippen molar-refractivity contribution in [1.29, 1.82) is 0 Å². The molecule has 0 aromatic carbocycles. The quantitative estimate of drug-likeness (QED) is 0.666. The lowest BCUT2D eigenvalue weighted by Gasteiger charge is -2.05. The molecule has 1 rings (SSSR count). The van der Waals surface area contributed by atoms with Gasteiger partial charge in [0.05, 0.1) is 6.61 Å². The Morgan fingerprint density at radius 3 is 3.07 bits per heavy atom. The molecule has 0 aliphatic heterocycles. The number of amides is 1. The van der Waals surface area contributed by atoms with E-state index < -0.39 is 0 Å². The summed E-state index contributed by atoms with van der Waals surface area (Å²) < 4.78 is 6.39. The largest absolute Gasteiger partial charge is 0.383 e. The van der Waals surface area contributed by atoms with E-state index in [2.05, 4.69) is 10.4 Å². The second kappa shape index (κ2) is 5.35. The molecule has 1 aromatic rings. The lowest BCUT2D eigenvalue weighted by atomic mass is 10.4. The van der Waals surface area contributed by atoms with Crippen LogP contribution in [0.2, 0.25) is 0 Å². The molecular formula is C9H16N4O2. The lowest BCUT2D eigenvalue weighted by molar-refractivity contribution is 0.0926. The van der Waals surface area contributed by atoms with Gasteiger partial charge in [-0.05, 0) is 6.92 Å². The van der Waals surface area contributed by atoms with Crippen LogP contribution in [-0.4, -0.2) is 35.9 Å². The number of hydrogen-bond donors (Lipinski definition) is 2. The van der Waals surface area contributed by atoms with Crippen LogP contribution in [0, 0.1) is 0 Å². The van der Waals surface area contributed by atoms with E-state index in [1.54, 1.807) is 17.9 Å². The van der Waals surface area contributed by atoms with Gasteiger partial charge in [-0.15, -0.1) is 0 Å². The molecule has 0 saturated carbocycles. The van der Waals surface area contributed by atoms with E-state index in [4.69, 9.17) is 10.5 Å². The first-order valence-corrected chi connectivity index (χ1v) is 4.79. The van der Waals surface area contributed by atoms with E-state index >= 15 is 0 Å². The molecule has 0 saturated heterocycles. The summed E-state index contributed by atoms with van der Waals surface area (Å²) in [5.41, 5.74) is 5.99. The Labute approximate surface area is 88.4 Å². The molecule has 0 aliphatic rings. The summed E-state index contributed by atoms with van der Waals surface area (Å²) in [6.45, 7) is 3.48. The fourth-order valence-electron chi connectivity index (χ4n) is 1.22.